The van der Waals surface area contributed by atoms with Crippen LogP contribution in [0.4, 0.5) is 0 Å². The molecule has 0 aliphatic carbocycles. The SMILES string of the molecule is C=CC(=O)OCC(=O)OC(CC)C1CC(C)C(=O)O1. The summed E-state index contributed by atoms with van der Waals surface area (Å²) < 4.78 is 14.8. The van der Waals surface area contributed by atoms with Gasteiger partial charge in [0.2, 0.25) is 0 Å². The van der Waals surface area contributed by atoms with Crippen molar-refractivity contribution in [3.05, 3.63) is 12.7 Å². The minimum atomic E-state index is -0.689. The average Bonchev–Trinajstić information content (AvgIpc) is 2.72. The maximum atomic E-state index is 11.5. The molecule has 1 aliphatic rings. The molecule has 0 aromatic carbocycles. The zero-order valence-corrected chi connectivity index (χ0v) is 11.1. The number of hydrogen-bond acceptors (Lipinski definition) is 6. The summed E-state index contributed by atoms with van der Waals surface area (Å²) in [5, 5.41) is 0. The summed E-state index contributed by atoms with van der Waals surface area (Å²) in [6, 6.07) is 0. The van der Waals surface area contributed by atoms with Gasteiger partial charge >= 0.3 is 17.9 Å². The highest BCUT2D eigenvalue weighted by Crippen LogP contribution is 2.25. The van der Waals surface area contributed by atoms with Gasteiger partial charge in [-0.05, 0) is 6.42 Å². The second-order valence-corrected chi connectivity index (χ2v) is 4.36. The summed E-state index contributed by atoms with van der Waals surface area (Å²) in [4.78, 5) is 33.6. The first-order valence-corrected chi connectivity index (χ1v) is 6.17. The number of carbonyl (C=O) groups is 3. The largest absolute Gasteiger partial charge is 0.458 e. The van der Waals surface area contributed by atoms with Crippen LogP contribution in [0, 0.1) is 5.92 Å². The number of ether oxygens (including phenoxy) is 3. The van der Waals surface area contributed by atoms with Crippen LogP contribution in [0.25, 0.3) is 0 Å². The molecular weight excluding hydrogens is 252 g/mol. The highest BCUT2D eigenvalue weighted by molar-refractivity contribution is 5.83. The lowest BCUT2D eigenvalue weighted by molar-refractivity contribution is -0.168. The Morgan fingerprint density at radius 3 is 2.74 bits per heavy atom. The van der Waals surface area contributed by atoms with Crippen molar-refractivity contribution < 1.29 is 28.6 Å². The second-order valence-electron chi connectivity index (χ2n) is 4.36. The molecule has 0 radical (unpaired) electrons. The van der Waals surface area contributed by atoms with Gasteiger partial charge in [0.05, 0.1) is 5.92 Å². The van der Waals surface area contributed by atoms with E-state index in [1.165, 1.54) is 0 Å². The van der Waals surface area contributed by atoms with Crippen molar-refractivity contribution in [2.24, 2.45) is 5.92 Å². The molecule has 1 aliphatic heterocycles. The monoisotopic (exact) mass is 270 g/mol. The van der Waals surface area contributed by atoms with Crippen LogP contribution in [0.1, 0.15) is 26.7 Å². The lowest BCUT2D eigenvalue weighted by Crippen LogP contribution is -2.32. The van der Waals surface area contributed by atoms with Gasteiger partial charge in [0.15, 0.2) is 6.61 Å². The predicted octanol–water partition coefficient (Wildman–Crippen LogP) is 0.989. The van der Waals surface area contributed by atoms with Gasteiger partial charge in [0, 0.05) is 12.5 Å². The normalized spacial score (nSPS) is 23.4. The quantitative estimate of drug-likeness (QED) is 0.407. The molecule has 6 nitrogen and oxygen atoms in total. The average molecular weight is 270 g/mol. The van der Waals surface area contributed by atoms with Gasteiger partial charge in [-0.3, -0.25) is 4.79 Å². The zero-order valence-electron chi connectivity index (χ0n) is 11.1. The van der Waals surface area contributed by atoms with Crippen LogP contribution in [-0.2, 0) is 28.6 Å². The molecule has 0 bridgehead atoms. The predicted molar refractivity (Wildman–Crippen MR) is 65.0 cm³/mol. The number of esters is 3. The van der Waals surface area contributed by atoms with Gasteiger partial charge in [-0.25, -0.2) is 9.59 Å². The van der Waals surface area contributed by atoms with E-state index in [4.69, 9.17) is 9.47 Å². The topological polar surface area (TPSA) is 78.9 Å². The van der Waals surface area contributed by atoms with E-state index in [0.29, 0.717) is 12.8 Å². The molecule has 19 heavy (non-hydrogen) atoms. The maximum absolute atomic E-state index is 11.5. The Labute approximate surface area is 111 Å². The Bertz CT molecular complexity index is 375. The molecule has 3 unspecified atom stereocenters. The van der Waals surface area contributed by atoms with Crippen LogP contribution >= 0.6 is 0 Å². The van der Waals surface area contributed by atoms with Gasteiger partial charge in [-0.2, -0.15) is 0 Å². The van der Waals surface area contributed by atoms with Crippen LogP contribution in [0.3, 0.4) is 0 Å². The maximum Gasteiger partial charge on any atom is 0.344 e. The van der Waals surface area contributed by atoms with Crippen LogP contribution in [0.15, 0.2) is 12.7 Å². The first-order chi connectivity index (χ1) is 8.97. The van der Waals surface area contributed by atoms with Crippen LogP contribution < -0.4 is 0 Å². The van der Waals surface area contributed by atoms with Gasteiger partial charge < -0.3 is 14.2 Å². The first-order valence-electron chi connectivity index (χ1n) is 6.17. The molecular formula is C13H18O6. The Hall–Kier alpha value is -1.85. The second kappa shape index (κ2) is 6.92. The number of rotatable bonds is 6. The molecule has 6 heteroatoms. The Morgan fingerprint density at radius 2 is 2.26 bits per heavy atom. The molecule has 106 valence electrons. The van der Waals surface area contributed by atoms with Crippen LogP contribution in [0.2, 0.25) is 0 Å². The Morgan fingerprint density at radius 1 is 1.58 bits per heavy atom. The minimum absolute atomic E-state index is 0.184. The fourth-order valence-corrected chi connectivity index (χ4v) is 1.80. The third-order valence-electron chi connectivity index (χ3n) is 2.85. The zero-order chi connectivity index (χ0) is 14.4. The van der Waals surface area contributed by atoms with E-state index >= 15 is 0 Å². The van der Waals surface area contributed by atoms with E-state index < -0.39 is 30.8 Å². The van der Waals surface area contributed by atoms with Crippen molar-refractivity contribution in [3.63, 3.8) is 0 Å². The molecule has 0 N–H and O–H groups in total. The molecule has 0 spiro atoms. The van der Waals surface area contributed by atoms with Crippen LogP contribution in [-0.4, -0.2) is 36.7 Å². The summed E-state index contributed by atoms with van der Waals surface area (Å²) in [5.74, 6) is -1.82. The molecule has 3 atom stereocenters. The summed E-state index contributed by atoms with van der Waals surface area (Å²) in [7, 11) is 0. The van der Waals surface area contributed by atoms with Crippen molar-refractivity contribution in [1.29, 1.82) is 0 Å². The fraction of sp³-hybridized carbons (Fsp3) is 0.615. The molecule has 0 saturated carbocycles. The van der Waals surface area contributed by atoms with E-state index in [2.05, 4.69) is 11.3 Å². The minimum Gasteiger partial charge on any atom is -0.458 e. The van der Waals surface area contributed by atoms with Crippen molar-refractivity contribution in [2.45, 2.75) is 38.9 Å². The Kier molecular flexibility index (Phi) is 5.54. The first kappa shape index (κ1) is 15.2. The van der Waals surface area contributed by atoms with Crippen molar-refractivity contribution in [3.8, 4) is 0 Å². The van der Waals surface area contributed by atoms with E-state index in [9.17, 15) is 14.4 Å². The summed E-state index contributed by atoms with van der Waals surface area (Å²) in [5.41, 5.74) is 0. The number of cyclic esters (lactones) is 1. The molecule has 0 aromatic rings. The van der Waals surface area contributed by atoms with E-state index in [1.807, 2.05) is 6.92 Å². The highest BCUT2D eigenvalue weighted by Gasteiger charge is 2.37. The molecule has 1 fully saturated rings. The third kappa shape index (κ3) is 4.39. The summed E-state index contributed by atoms with van der Waals surface area (Å²) in [6.45, 7) is 6.33. The van der Waals surface area contributed by atoms with Gasteiger partial charge in [-0.1, -0.05) is 20.4 Å². The fourth-order valence-electron chi connectivity index (χ4n) is 1.80. The standard InChI is InChI=1S/C13H18O6/c1-4-9(10-6-8(3)13(16)19-10)18-12(15)7-17-11(14)5-2/h5,8-10H,2,4,6-7H2,1,3H3. The Balaban J connectivity index is 2.44. The van der Waals surface area contributed by atoms with Crippen molar-refractivity contribution in [2.75, 3.05) is 6.61 Å². The molecule has 1 saturated heterocycles. The van der Waals surface area contributed by atoms with E-state index in [-0.39, 0.29) is 11.9 Å². The molecule has 0 aromatic heterocycles. The van der Waals surface area contributed by atoms with Crippen molar-refractivity contribution in [1.82, 2.24) is 0 Å². The van der Waals surface area contributed by atoms with Gasteiger partial charge in [-0.15, -0.1) is 0 Å². The summed E-state index contributed by atoms with van der Waals surface area (Å²) >= 11 is 0. The van der Waals surface area contributed by atoms with E-state index in [1.54, 1.807) is 6.92 Å². The van der Waals surface area contributed by atoms with Gasteiger partial charge in [0.1, 0.15) is 12.2 Å². The lowest BCUT2D eigenvalue weighted by Gasteiger charge is -2.21. The van der Waals surface area contributed by atoms with Crippen LogP contribution in [0.5, 0.6) is 0 Å². The highest BCUT2D eigenvalue weighted by atomic mass is 16.6. The smallest absolute Gasteiger partial charge is 0.344 e. The number of hydrogen-bond donors (Lipinski definition) is 0. The number of carbonyl (C=O) groups excluding carboxylic acids is 3. The molecule has 0 amide bonds. The van der Waals surface area contributed by atoms with E-state index in [0.717, 1.165) is 6.08 Å². The lowest BCUT2D eigenvalue weighted by atomic mass is 10.0. The molecule has 1 heterocycles. The summed E-state index contributed by atoms with van der Waals surface area (Å²) in [6.07, 6.45) is 1.07. The third-order valence-corrected chi connectivity index (χ3v) is 2.85. The van der Waals surface area contributed by atoms with Crippen molar-refractivity contribution >= 4 is 17.9 Å². The molecule has 1 rings (SSSR count). The van der Waals surface area contributed by atoms with Gasteiger partial charge in [0.25, 0.3) is 0 Å².